The van der Waals surface area contributed by atoms with Crippen molar-refractivity contribution < 1.29 is 4.74 Å². The van der Waals surface area contributed by atoms with Gasteiger partial charge in [0.1, 0.15) is 11.4 Å². The third-order valence-corrected chi connectivity index (χ3v) is 3.15. The summed E-state index contributed by atoms with van der Waals surface area (Å²) in [5.74, 6) is 1.75. The molecule has 5 heteroatoms. The minimum absolute atomic E-state index is 0. The Morgan fingerprint density at radius 2 is 2.05 bits per heavy atom. The number of guanidine groups is 1. The normalized spacial score (nSPS) is 20.6. The van der Waals surface area contributed by atoms with Gasteiger partial charge >= 0.3 is 0 Å². The molecule has 0 aromatic heterocycles. The summed E-state index contributed by atoms with van der Waals surface area (Å²) in [4.78, 5) is 4.17. The van der Waals surface area contributed by atoms with Gasteiger partial charge in [-0.25, -0.2) is 0 Å². The average molecular weight is 375 g/mol. The fraction of sp³-hybridized carbons (Fsp3) is 0.500. The van der Waals surface area contributed by atoms with Crippen molar-refractivity contribution in [2.24, 2.45) is 4.99 Å². The molecule has 1 unspecified atom stereocenters. The van der Waals surface area contributed by atoms with Crippen molar-refractivity contribution in [2.45, 2.75) is 31.9 Å². The van der Waals surface area contributed by atoms with Gasteiger partial charge in [0.2, 0.25) is 0 Å². The number of aliphatic imine (C=N–C) groups is 1. The third-order valence-electron chi connectivity index (χ3n) is 3.15. The minimum atomic E-state index is -0.168. The van der Waals surface area contributed by atoms with E-state index in [9.17, 15) is 0 Å². The molecule has 1 aromatic carbocycles. The molecule has 2 rings (SSSR count). The Labute approximate surface area is 132 Å². The molecule has 0 fully saturated rings. The van der Waals surface area contributed by atoms with Crippen molar-refractivity contribution in [1.29, 1.82) is 0 Å². The van der Waals surface area contributed by atoms with E-state index in [1.54, 1.807) is 7.05 Å². The van der Waals surface area contributed by atoms with Gasteiger partial charge < -0.3 is 15.4 Å². The van der Waals surface area contributed by atoms with Crippen molar-refractivity contribution >= 4 is 29.9 Å². The van der Waals surface area contributed by atoms with Crippen LogP contribution in [-0.2, 0) is 0 Å². The number of nitrogens with zero attached hydrogens (tertiary/aromatic N) is 1. The summed E-state index contributed by atoms with van der Waals surface area (Å²) in [5, 5.41) is 6.48. The molecule has 1 aliphatic heterocycles. The van der Waals surface area contributed by atoms with E-state index in [1.165, 1.54) is 5.56 Å². The predicted octanol–water partition coefficient (Wildman–Crippen LogP) is 2.70. The number of rotatable bonds is 1. The summed E-state index contributed by atoms with van der Waals surface area (Å²) < 4.78 is 6.00. The molecule has 1 heterocycles. The average Bonchev–Trinajstić information content (AvgIpc) is 2.34. The Morgan fingerprint density at radius 1 is 1.37 bits per heavy atom. The molecule has 0 aliphatic carbocycles. The maximum atomic E-state index is 6.00. The molecule has 0 bridgehead atoms. The number of halogens is 1. The molecule has 0 amide bonds. The number of fused-ring (bicyclic) bond motifs is 1. The van der Waals surface area contributed by atoms with Gasteiger partial charge in [-0.3, -0.25) is 4.99 Å². The highest BCUT2D eigenvalue weighted by Gasteiger charge is 2.33. The van der Waals surface area contributed by atoms with Crippen LogP contribution in [0.25, 0.3) is 0 Å². The lowest BCUT2D eigenvalue weighted by atomic mass is 9.90. The summed E-state index contributed by atoms with van der Waals surface area (Å²) in [6, 6.07) is 8.39. The maximum absolute atomic E-state index is 6.00. The number of hydrogen-bond acceptors (Lipinski definition) is 2. The van der Waals surface area contributed by atoms with Gasteiger partial charge in [-0.05, 0) is 19.9 Å². The maximum Gasteiger partial charge on any atom is 0.191 e. The summed E-state index contributed by atoms with van der Waals surface area (Å²) in [6.07, 6.45) is 0.907. The van der Waals surface area contributed by atoms with E-state index in [4.69, 9.17) is 4.74 Å². The van der Waals surface area contributed by atoms with Gasteiger partial charge in [-0.15, -0.1) is 24.0 Å². The molecule has 0 radical (unpaired) electrons. The molecule has 0 saturated heterocycles. The zero-order chi connectivity index (χ0) is 13.2. The molecular weight excluding hydrogens is 353 g/mol. The summed E-state index contributed by atoms with van der Waals surface area (Å²) in [5.41, 5.74) is 1.02. The summed E-state index contributed by atoms with van der Waals surface area (Å²) in [6.45, 7) is 4.22. The molecular formula is C14H22IN3O. The number of para-hydroxylation sites is 1. The number of nitrogens with one attached hydrogen (secondary N) is 2. The Balaban J connectivity index is 0.00000180. The van der Waals surface area contributed by atoms with Gasteiger partial charge in [0, 0.05) is 26.1 Å². The standard InChI is InChI=1S/C14H21N3O.HI/c1-14(2)9-11(17-13(15-3)16-4)10-7-5-6-8-12(10)18-14;/h5-8,11H,9H2,1-4H3,(H2,15,16,17);1H. The SMILES string of the molecule is CN=C(NC)NC1CC(C)(C)Oc2ccccc21.I. The quantitative estimate of drug-likeness (QED) is 0.451. The highest BCUT2D eigenvalue weighted by molar-refractivity contribution is 14.0. The van der Waals surface area contributed by atoms with Crippen molar-refractivity contribution in [3.8, 4) is 5.75 Å². The van der Waals surface area contributed by atoms with E-state index >= 15 is 0 Å². The van der Waals surface area contributed by atoms with Crippen LogP contribution in [0.3, 0.4) is 0 Å². The zero-order valence-electron chi connectivity index (χ0n) is 11.9. The molecule has 19 heavy (non-hydrogen) atoms. The van der Waals surface area contributed by atoms with Crippen molar-refractivity contribution in [3.05, 3.63) is 29.8 Å². The van der Waals surface area contributed by atoms with Gasteiger partial charge in [0.15, 0.2) is 5.96 Å². The van der Waals surface area contributed by atoms with Crippen LogP contribution in [0.5, 0.6) is 5.75 Å². The highest BCUT2D eigenvalue weighted by Crippen LogP contribution is 2.38. The zero-order valence-corrected chi connectivity index (χ0v) is 14.2. The Kier molecular flexibility index (Phi) is 5.46. The van der Waals surface area contributed by atoms with Crippen LogP contribution in [0.15, 0.2) is 29.3 Å². The molecule has 1 atom stereocenters. The van der Waals surface area contributed by atoms with E-state index in [2.05, 4.69) is 35.5 Å². The topological polar surface area (TPSA) is 45.7 Å². The molecule has 106 valence electrons. The Morgan fingerprint density at radius 3 is 2.68 bits per heavy atom. The third kappa shape index (κ3) is 3.75. The lowest BCUT2D eigenvalue weighted by Crippen LogP contribution is -2.44. The lowest BCUT2D eigenvalue weighted by molar-refractivity contribution is 0.0694. The van der Waals surface area contributed by atoms with Crippen LogP contribution < -0.4 is 15.4 Å². The monoisotopic (exact) mass is 375 g/mol. The first kappa shape index (κ1) is 16.1. The van der Waals surface area contributed by atoms with Crippen molar-refractivity contribution in [3.63, 3.8) is 0 Å². The highest BCUT2D eigenvalue weighted by atomic mass is 127. The van der Waals surface area contributed by atoms with Crippen LogP contribution in [0.4, 0.5) is 0 Å². The van der Waals surface area contributed by atoms with Crippen molar-refractivity contribution in [1.82, 2.24) is 10.6 Å². The fourth-order valence-corrected chi connectivity index (χ4v) is 2.34. The van der Waals surface area contributed by atoms with Crippen LogP contribution in [-0.4, -0.2) is 25.7 Å². The first-order valence-electron chi connectivity index (χ1n) is 6.25. The molecule has 1 aliphatic rings. The van der Waals surface area contributed by atoms with Gasteiger partial charge in [0.25, 0.3) is 0 Å². The molecule has 0 saturated carbocycles. The molecule has 1 aromatic rings. The molecule has 2 N–H and O–H groups in total. The van der Waals surface area contributed by atoms with E-state index in [0.29, 0.717) is 0 Å². The van der Waals surface area contributed by atoms with Gasteiger partial charge in [-0.2, -0.15) is 0 Å². The van der Waals surface area contributed by atoms with Crippen LogP contribution in [0, 0.1) is 0 Å². The smallest absolute Gasteiger partial charge is 0.191 e. The van der Waals surface area contributed by atoms with Crippen LogP contribution in [0.2, 0.25) is 0 Å². The Bertz CT molecular complexity index is 460. The first-order chi connectivity index (χ1) is 8.55. The summed E-state index contributed by atoms with van der Waals surface area (Å²) in [7, 11) is 3.64. The number of benzene rings is 1. The van der Waals surface area contributed by atoms with Gasteiger partial charge in [-0.1, -0.05) is 18.2 Å². The van der Waals surface area contributed by atoms with Gasteiger partial charge in [0.05, 0.1) is 6.04 Å². The van der Waals surface area contributed by atoms with E-state index < -0.39 is 0 Å². The second kappa shape index (κ2) is 6.45. The van der Waals surface area contributed by atoms with Crippen LogP contribution in [0.1, 0.15) is 31.9 Å². The van der Waals surface area contributed by atoms with Crippen LogP contribution >= 0.6 is 24.0 Å². The van der Waals surface area contributed by atoms with Crippen molar-refractivity contribution in [2.75, 3.05) is 14.1 Å². The molecule has 0 spiro atoms. The summed E-state index contributed by atoms with van der Waals surface area (Å²) >= 11 is 0. The van der Waals surface area contributed by atoms with E-state index in [1.807, 2.05) is 25.2 Å². The largest absolute Gasteiger partial charge is 0.487 e. The number of ether oxygens (including phenoxy) is 1. The Hall–Kier alpha value is -0.980. The predicted molar refractivity (Wildman–Crippen MR) is 89.5 cm³/mol. The number of hydrogen-bond donors (Lipinski definition) is 2. The van der Waals surface area contributed by atoms with E-state index in [-0.39, 0.29) is 35.6 Å². The second-order valence-electron chi connectivity index (χ2n) is 5.12. The second-order valence-corrected chi connectivity index (χ2v) is 5.12. The lowest BCUT2D eigenvalue weighted by Gasteiger charge is -2.38. The van der Waals surface area contributed by atoms with E-state index in [0.717, 1.165) is 18.1 Å². The first-order valence-corrected chi connectivity index (χ1v) is 6.25. The molecule has 4 nitrogen and oxygen atoms in total. The minimum Gasteiger partial charge on any atom is -0.487 e. The fourth-order valence-electron chi connectivity index (χ4n) is 2.34.